The fraction of sp³-hybridized carbons (Fsp3) is 0.379. The van der Waals surface area contributed by atoms with E-state index in [4.69, 9.17) is 16.3 Å². The van der Waals surface area contributed by atoms with Crippen LogP contribution in [0.5, 0.6) is 5.75 Å². The van der Waals surface area contributed by atoms with Gasteiger partial charge in [0.25, 0.3) is 0 Å². The molecule has 2 aromatic carbocycles. The van der Waals surface area contributed by atoms with E-state index in [0.29, 0.717) is 54.5 Å². The highest BCUT2D eigenvalue weighted by atomic mass is 35.5. The first-order chi connectivity index (χ1) is 18.4. The number of halogens is 1. The van der Waals surface area contributed by atoms with Crippen LogP contribution in [0.3, 0.4) is 0 Å². The van der Waals surface area contributed by atoms with Crippen LogP contribution in [0, 0.1) is 11.3 Å². The minimum atomic E-state index is -0.811. The molecule has 2 aliphatic heterocycles. The third-order valence-electron chi connectivity index (χ3n) is 7.49. The topological polar surface area (TPSA) is 94.4 Å². The molecule has 0 spiro atoms. The van der Waals surface area contributed by atoms with Crippen LogP contribution >= 0.6 is 11.6 Å². The van der Waals surface area contributed by atoms with Gasteiger partial charge in [0, 0.05) is 36.8 Å². The molecule has 9 heteroatoms. The Bertz CT molecular complexity index is 1340. The maximum Gasteiger partial charge on any atom is 0.232 e. The molecule has 0 saturated carbocycles. The summed E-state index contributed by atoms with van der Waals surface area (Å²) >= 11 is 6.11. The number of rotatable bonds is 7. The van der Waals surface area contributed by atoms with E-state index in [2.05, 4.69) is 31.4 Å². The summed E-state index contributed by atoms with van der Waals surface area (Å²) in [4.78, 5) is 18.2. The summed E-state index contributed by atoms with van der Waals surface area (Å²) in [6.07, 6.45) is 1.11. The van der Waals surface area contributed by atoms with E-state index >= 15 is 0 Å². The lowest BCUT2D eigenvalue weighted by Crippen LogP contribution is -2.62. The molecule has 8 nitrogen and oxygen atoms in total. The smallest absolute Gasteiger partial charge is 0.232 e. The summed E-state index contributed by atoms with van der Waals surface area (Å²) in [7, 11) is 2.04. The predicted octanol–water partition coefficient (Wildman–Crippen LogP) is 4.04. The molecule has 0 bridgehead atoms. The van der Waals surface area contributed by atoms with Crippen molar-refractivity contribution < 1.29 is 9.53 Å². The molecular formula is C29H31ClN6O2. The van der Waals surface area contributed by atoms with Crippen LogP contribution in [0.2, 0.25) is 5.02 Å². The van der Waals surface area contributed by atoms with E-state index in [9.17, 15) is 10.1 Å². The zero-order chi connectivity index (χ0) is 26.7. The second-order valence-corrected chi connectivity index (χ2v) is 10.4. The van der Waals surface area contributed by atoms with Crippen molar-refractivity contribution >= 4 is 23.2 Å². The van der Waals surface area contributed by atoms with Crippen molar-refractivity contribution in [2.75, 3.05) is 44.7 Å². The third-order valence-corrected chi connectivity index (χ3v) is 7.72. The first-order valence-electron chi connectivity index (χ1n) is 12.9. The molecule has 38 heavy (non-hydrogen) atoms. The standard InChI is InChI=1S/C29H31ClN6O2/c1-3-38-26-7-5-4-6-23(26)24-9-11-27(34-33-24)29(28(37)32-22-18-35(2)19-22)12-14-36(15-13-29)25-10-8-21(30)16-20(25)17-31/h4-11,16,22H,3,12-15,18-19H2,1-2H3,(H,32,37). The molecule has 1 amide bonds. The fourth-order valence-corrected chi connectivity index (χ4v) is 5.58. The molecule has 196 valence electrons. The van der Waals surface area contributed by atoms with Crippen LogP contribution in [0.15, 0.2) is 54.6 Å². The number of ether oxygens (including phenoxy) is 1. The van der Waals surface area contributed by atoms with Gasteiger partial charge in [-0.3, -0.25) is 4.79 Å². The number of hydrogen-bond donors (Lipinski definition) is 1. The molecule has 2 aliphatic rings. The van der Waals surface area contributed by atoms with Gasteiger partial charge in [0.2, 0.25) is 5.91 Å². The lowest BCUT2D eigenvalue weighted by atomic mass is 9.74. The lowest BCUT2D eigenvalue weighted by molar-refractivity contribution is -0.129. The van der Waals surface area contributed by atoms with Crippen molar-refractivity contribution in [1.29, 1.82) is 5.26 Å². The Morgan fingerprint density at radius 2 is 1.92 bits per heavy atom. The minimum Gasteiger partial charge on any atom is -0.493 e. The lowest BCUT2D eigenvalue weighted by Gasteiger charge is -2.44. The predicted molar refractivity (Wildman–Crippen MR) is 147 cm³/mol. The largest absolute Gasteiger partial charge is 0.493 e. The van der Waals surface area contributed by atoms with Crippen LogP contribution < -0.4 is 15.0 Å². The van der Waals surface area contributed by atoms with Crippen molar-refractivity contribution in [2.45, 2.75) is 31.2 Å². The van der Waals surface area contributed by atoms with E-state index in [1.165, 1.54) is 0 Å². The van der Waals surface area contributed by atoms with Gasteiger partial charge in [0.1, 0.15) is 11.8 Å². The molecule has 1 N–H and O–H groups in total. The fourth-order valence-electron chi connectivity index (χ4n) is 5.41. The van der Waals surface area contributed by atoms with Crippen LogP contribution in [0.1, 0.15) is 31.0 Å². The van der Waals surface area contributed by atoms with Gasteiger partial charge in [-0.15, -0.1) is 0 Å². The van der Waals surface area contributed by atoms with Gasteiger partial charge >= 0.3 is 0 Å². The SMILES string of the molecule is CCOc1ccccc1-c1ccc(C2(C(=O)NC3CN(C)C3)CCN(c3ccc(Cl)cc3C#N)CC2)nn1. The van der Waals surface area contributed by atoms with Gasteiger partial charge in [-0.2, -0.15) is 15.5 Å². The number of hydrogen-bond acceptors (Lipinski definition) is 7. The number of carbonyl (C=O) groups is 1. The molecule has 2 saturated heterocycles. The van der Waals surface area contributed by atoms with Crippen LogP contribution in [0.25, 0.3) is 11.3 Å². The van der Waals surface area contributed by atoms with Gasteiger partial charge in [0.15, 0.2) is 0 Å². The van der Waals surface area contributed by atoms with Gasteiger partial charge in [0.05, 0.1) is 40.7 Å². The number of piperidine rings is 1. The Balaban J connectivity index is 1.43. The molecule has 0 atom stereocenters. The monoisotopic (exact) mass is 530 g/mol. The van der Waals surface area contributed by atoms with Gasteiger partial charge in [-0.1, -0.05) is 23.7 Å². The Kier molecular flexibility index (Phi) is 7.50. The molecule has 0 radical (unpaired) electrons. The maximum atomic E-state index is 13.8. The molecular weight excluding hydrogens is 500 g/mol. The molecule has 0 aliphatic carbocycles. The Morgan fingerprint density at radius 1 is 1.16 bits per heavy atom. The average Bonchev–Trinajstić information content (AvgIpc) is 2.93. The number of anilines is 1. The molecule has 3 heterocycles. The van der Waals surface area contributed by atoms with Crippen LogP contribution in [0.4, 0.5) is 5.69 Å². The minimum absolute atomic E-state index is 0.0105. The quantitative estimate of drug-likeness (QED) is 0.492. The van der Waals surface area contributed by atoms with Crippen molar-refractivity contribution in [1.82, 2.24) is 20.4 Å². The number of benzene rings is 2. The van der Waals surface area contributed by atoms with Crippen molar-refractivity contribution in [2.24, 2.45) is 0 Å². The number of carbonyl (C=O) groups excluding carboxylic acids is 1. The Morgan fingerprint density at radius 3 is 2.58 bits per heavy atom. The van der Waals surface area contributed by atoms with Crippen LogP contribution in [-0.2, 0) is 10.2 Å². The highest BCUT2D eigenvalue weighted by Gasteiger charge is 2.46. The zero-order valence-electron chi connectivity index (χ0n) is 21.7. The highest BCUT2D eigenvalue weighted by molar-refractivity contribution is 6.30. The van der Waals surface area contributed by atoms with E-state index in [1.807, 2.05) is 56.4 Å². The summed E-state index contributed by atoms with van der Waals surface area (Å²) < 4.78 is 5.77. The number of nitrogens with one attached hydrogen (secondary N) is 1. The van der Waals surface area contributed by atoms with Crippen molar-refractivity contribution in [3.63, 3.8) is 0 Å². The van der Waals surface area contributed by atoms with E-state index in [-0.39, 0.29) is 11.9 Å². The maximum absolute atomic E-state index is 13.8. The summed E-state index contributed by atoms with van der Waals surface area (Å²) in [5.74, 6) is 0.742. The number of aromatic nitrogens is 2. The van der Waals surface area contributed by atoms with E-state index in [1.54, 1.807) is 12.1 Å². The van der Waals surface area contributed by atoms with E-state index in [0.717, 1.165) is 30.1 Å². The summed E-state index contributed by atoms with van der Waals surface area (Å²) in [6, 6.07) is 19.3. The first kappa shape index (κ1) is 26.0. The first-order valence-corrected chi connectivity index (χ1v) is 13.3. The molecule has 2 fully saturated rings. The summed E-state index contributed by atoms with van der Waals surface area (Å²) in [6.45, 7) is 5.38. The molecule has 3 aromatic rings. The number of amides is 1. The number of likely N-dealkylation sites (tertiary alicyclic amines) is 1. The number of nitriles is 1. The number of para-hydroxylation sites is 1. The van der Waals surface area contributed by atoms with Gasteiger partial charge in [-0.25, -0.2) is 0 Å². The molecule has 0 unspecified atom stereocenters. The van der Waals surface area contributed by atoms with Crippen molar-refractivity contribution in [3.05, 3.63) is 70.9 Å². The number of likely N-dealkylation sites (N-methyl/N-ethyl adjacent to an activating group) is 1. The van der Waals surface area contributed by atoms with E-state index < -0.39 is 5.41 Å². The third kappa shape index (κ3) is 5.04. The van der Waals surface area contributed by atoms with Crippen LogP contribution in [-0.4, -0.2) is 66.9 Å². The second kappa shape index (κ2) is 11.0. The number of nitrogens with zero attached hydrogens (tertiary/aromatic N) is 5. The summed E-state index contributed by atoms with van der Waals surface area (Å²) in [5.41, 5.74) is 2.79. The van der Waals surface area contributed by atoms with Gasteiger partial charge in [-0.05, 0) is 69.3 Å². The Labute approximate surface area is 228 Å². The highest BCUT2D eigenvalue weighted by Crippen LogP contribution is 2.38. The molecule has 5 rings (SSSR count). The second-order valence-electron chi connectivity index (χ2n) is 9.97. The summed E-state index contributed by atoms with van der Waals surface area (Å²) in [5, 5.41) is 22.6. The Hall–Kier alpha value is -3.67. The molecule has 1 aromatic heterocycles. The average molecular weight is 531 g/mol. The van der Waals surface area contributed by atoms with Gasteiger partial charge < -0.3 is 19.9 Å². The van der Waals surface area contributed by atoms with Crippen molar-refractivity contribution in [3.8, 4) is 23.1 Å². The zero-order valence-corrected chi connectivity index (χ0v) is 22.4. The normalized spacial score (nSPS) is 17.4.